The first-order chi connectivity index (χ1) is 7.58. The van der Waals surface area contributed by atoms with Crippen LogP contribution in [0.4, 0.5) is 11.6 Å². The van der Waals surface area contributed by atoms with Crippen LogP contribution in [0.2, 0.25) is 0 Å². The molecule has 3 N–H and O–H groups in total. The van der Waals surface area contributed by atoms with E-state index in [1.54, 1.807) is 6.92 Å². The molecule has 0 aliphatic carbocycles. The van der Waals surface area contributed by atoms with Gasteiger partial charge in [0.2, 0.25) is 5.91 Å². The number of amides is 1. The predicted octanol–water partition coefficient (Wildman–Crippen LogP) is -0.0312. The highest BCUT2D eigenvalue weighted by Crippen LogP contribution is 2.20. The van der Waals surface area contributed by atoms with Crippen LogP contribution < -0.4 is 10.6 Å². The number of aryl methyl sites for hydroxylation is 1. The van der Waals surface area contributed by atoms with E-state index in [-0.39, 0.29) is 5.91 Å². The van der Waals surface area contributed by atoms with Crippen LogP contribution >= 0.6 is 0 Å². The molecular formula is C10H17N5O. The topological polar surface area (TPSA) is 78.2 Å². The first-order valence-electron chi connectivity index (χ1n) is 5.40. The van der Waals surface area contributed by atoms with Gasteiger partial charge in [-0.2, -0.15) is 0 Å². The van der Waals surface area contributed by atoms with Crippen molar-refractivity contribution in [2.24, 2.45) is 0 Å². The van der Waals surface area contributed by atoms with E-state index in [1.165, 1.54) is 0 Å². The average molecular weight is 223 g/mol. The monoisotopic (exact) mass is 223 g/mol. The van der Waals surface area contributed by atoms with Gasteiger partial charge in [0.15, 0.2) is 5.82 Å². The number of imidazole rings is 1. The Morgan fingerprint density at radius 3 is 2.44 bits per heavy atom. The molecule has 1 saturated heterocycles. The largest absolute Gasteiger partial charge is 0.382 e. The summed E-state index contributed by atoms with van der Waals surface area (Å²) in [5.74, 6) is 2.36. The number of hydrogen-bond donors (Lipinski definition) is 2. The van der Waals surface area contributed by atoms with Gasteiger partial charge in [0.25, 0.3) is 0 Å². The van der Waals surface area contributed by atoms with Crippen LogP contribution in [0.15, 0.2) is 0 Å². The number of hydrogen-bond acceptors (Lipinski definition) is 4. The van der Waals surface area contributed by atoms with Crippen molar-refractivity contribution in [3.8, 4) is 0 Å². The van der Waals surface area contributed by atoms with Crippen molar-refractivity contribution in [2.45, 2.75) is 13.8 Å². The molecule has 6 heteroatoms. The van der Waals surface area contributed by atoms with Gasteiger partial charge >= 0.3 is 0 Å². The number of anilines is 2. The number of piperazine rings is 1. The molecule has 1 amide bonds. The van der Waals surface area contributed by atoms with Gasteiger partial charge < -0.3 is 20.5 Å². The van der Waals surface area contributed by atoms with E-state index in [0.717, 1.165) is 37.8 Å². The summed E-state index contributed by atoms with van der Waals surface area (Å²) in [6.45, 7) is 6.53. The number of aromatic amines is 1. The Labute approximate surface area is 94.4 Å². The molecule has 2 rings (SSSR count). The number of H-pyrrole nitrogens is 1. The van der Waals surface area contributed by atoms with Gasteiger partial charge in [-0.15, -0.1) is 0 Å². The number of nitrogens with zero attached hydrogens (tertiary/aromatic N) is 3. The summed E-state index contributed by atoms with van der Waals surface area (Å²) in [7, 11) is 0. The van der Waals surface area contributed by atoms with Crippen molar-refractivity contribution in [1.29, 1.82) is 0 Å². The number of carbonyl (C=O) groups is 1. The Morgan fingerprint density at radius 1 is 1.38 bits per heavy atom. The van der Waals surface area contributed by atoms with E-state index in [4.69, 9.17) is 5.73 Å². The van der Waals surface area contributed by atoms with E-state index >= 15 is 0 Å². The normalized spacial score (nSPS) is 16.6. The summed E-state index contributed by atoms with van der Waals surface area (Å²) >= 11 is 0. The first kappa shape index (κ1) is 10.8. The molecule has 1 fully saturated rings. The number of rotatable bonds is 1. The van der Waals surface area contributed by atoms with Gasteiger partial charge in [0.05, 0.1) is 0 Å². The van der Waals surface area contributed by atoms with E-state index in [2.05, 4.69) is 14.9 Å². The third kappa shape index (κ3) is 1.95. The number of carbonyl (C=O) groups excluding carboxylic acids is 1. The SMILES string of the molecule is CC(=O)N1CCN(c2nc(C)[nH]c2N)CC1. The Balaban J connectivity index is 2.04. The molecule has 16 heavy (non-hydrogen) atoms. The number of nitrogens with one attached hydrogen (secondary N) is 1. The quantitative estimate of drug-likeness (QED) is 0.700. The summed E-state index contributed by atoms with van der Waals surface area (Å²) in [6.07, 6.45) is 0. The van der Waals surface area contributed by atoms with Crippen LogP contribution in [0.1, 0.15) is 12.7 Å². The molecule has 0 spiro atoms. The first-order valence-corrected chi connectivity index (χ1v) is 5.40. The molecule has 0 unspecified atom stereocenters. The van der Waals surface area contributed by atoms with Crippen molar-refractivity contribution in [1.82, 2.24) is 14.9 Å². The Kier molecular flexibility index (Phi) is 2.72. The van der Waals surface area contributed by atoms with Crippen molar-refractivity contribution in [3.05, 3.63) is 5.82 Å². The van der Waals surface area contributed by atoms with E-state index < -0.39 is 0 Å². The molecule has 88 valence electrons. The standard InChI is InChI=1S/C10H17N5O/c1-7-12-9(11)10(13-7)15-5-3-14(4-6-15)8(2)16/h3-6,11H2,1-2H3,(H,12,13). The molecule has 0 atom stereocenters. The summed E-state index contributed by atoms with van der Waals surface area (Å²) < 4.78 is 0. The zero-order chi connectivity index (χ0) is 11.7. The molecule has 0 bridgehead atoms. The minimum absolute atomic E-state index is 0.130. The molecule has 1 aromatic rings. The lowest BCUT2D eigenvalue weighted by atomic mass is 10.3. The molecule has 6 nitrogen and oxygen atoms in total. The smallest absolute Gasteiger partial charge is 0.219 e. The highest BCUT2D eigenvalue weighted by Gasteiger charge is 2.21. The molecule has 1 aromatic heterocycles. The summed E-state index contributed by atoms with van der Waals surface area (Å²) in [6, 6.07) is 0. The fourth-order valence-corrected chi connectivity index (χ4v) is 1.97. The fourth-order valence-electron chi connectivity index (χ4n) is 1.97. The second-order valence-electron chi connectivity index (χ2n) is 4.05. The van der Waals surface area contributed by atoms with Gasteiger partial charge in [-0.3, -0.25) is 4.79 Å². The van der Waals surface area contributed by atoms with Gasteiger partial charge in [0.1, 0.15) is 11.6 Å². The molecule has 2 heterocycles. The molecule has 0 aromatic carbocycles. The second-order valence-corrected chi connectivity index (χ2v) is 4.05. The molecular weight excluding hydrogens is 206 g/mol. The summed E-state index contributed by atoms with van der Waals surface area (Å²) in [4.78, 5) is 22.5. The van der Waals surface area contributed by atoms with Crippen LogP contribution in [0.3, 0.4) is 0 Å². The molecule has 1 aliphatic rings. The highest BCUT2D eigenvalue weighted by molar-refractivity contribution is 5.73. The number of aromatic nitrogens is 2. The van der Waals surface area contributed by atoms with Crippen molar-refractivity contribution in [2.75, 3.05) is 36.8 Å². The van der Waals surface area contributed by atoms with Crippen LogP contribution in [-0.2, 0) is 4.79 Å². The minimum atomic E-state index is 0.130. The Bertz CT molecular complexity index is 392. The van der Waals surface area contributed by atoms with Gasteiger partial charge in [0, 0.05) is 33.1 Å². The van der Waals surface area contributed by atoms with Crippen molar-refractivity contribution in [3.63, 3.8) is 0 Å². The third-order valence-electron chi connectivity index (χ3n) is 2.85. The van der Waals surface area contributed by atoms with E-state index in [0.29, 0.717) is 5.82 Å². The third-order valence-corrected chi connectivity index (χ3v) is 2.85. The molecule has 0 saturated carbocycles. The Hall–Kier alpha value is -1.72. The maximum atomic E-state index is 11.2. The lowest BCUT2D eigenvalue weighted by Gasteiger charge is -2.34. The molecule has 0 radical (unpaired) electrons. The summed E-state index contributed by atoms with van der Waals surface area (Å²) in [5, 5.41) is 0. The lowest BCUT2D eigenvalue weighted by Crippen LogP contribution is -2.48. The van der Waals surface area contributed by atoms with Crippen molar-refractivity contribution < 1.29 is 4.79 Å². The zero-order valence-corrected chi connectivity index (χ0v) is 9.66. The van der Waals surface area contributed by atoms with Crippen LogP contribution in [0.25, 0.3) is 0 Å². The zero-order valence-electron chi connectivity index (χ0n) is 9.66. The number of nitrogen functional groups attached to an aromatic ring is 1. The van der Waals surface area contributed by atoms with E-state index in [9.17, 15) is 4.79 Å². The minimum Gasteiger partial charge on any atom is -0.382 e. The predicted molar refractivity (Wildman–Crippen MR) is 62.2 cm³/mol. The van der Waals surface area contributed by atoms with Gasteiger partial charge in [-0.25, -0.2) is 4.98 Å². The maximum absolute atomic E-state index is 11.2. The summed E-state index contributed by atoms with van der Waals surface area (Å²) in [5.41, 5.74) is 5.83. The molecule has 1 aliphatic heterocycles. The lowest BCUT2D eigenvalue weighted by molar-refractivity contribution is -0.129. The van der Waals surface area contributed by atoms with Crippen molar-refractivity contribution >= 4 is 17.5 Å². The Morgan fingerprint density at radius 2 is 2.00 bits per heavy atom. The fraction of sp³-hybridized carbons (Fsp3) is 0.600. The van der Waals surface area contributed by atoms with E-state index in [1.807, 2.05) is 11.8 Å². The van der Waals surface area contributed by atoms with Crippen LogP contribution in [0, 0.1) is 6.92 Å². The maximum Gasteiger partial charge on any atom is 0.219 e. The van der Waals surface area contributed by atoms with Gasteiger partial charge in [-0.1, -0.05) is 0 Å². The number of nitrogens with two attached hydrogens (primary N) is 1. The average Bonchev–Trinajstić information content (AvgIpc) is 2.58. The van der Waals surface area contributed by atoms with Gasteiger partial charge in [-0.05, 0) is 6.92 Å². The second kappa shape index (κ2) is 4.03. The van der Waals surface area contributed by atoms with Crippen LogP contribution in [0.5, 0.6) is 0 Å². The highest BCUT2D eigenvalue weighted by atomic mass is 16.2. The van der Waals surface area contributed by atoms with Crippen LogP contribution in [-0.4, -0.2) is 47.0 Å².